The minimum atomic E-state index is 0.347. The molecule has 1 heterocycles. The summed E-state index contributed by atoms with van der Waals surface area (Å²) in [6, 6.07) is 0.386. The zero-order valence-corrected chi connectivity index (χ0v) is 14.5. The highest BCUT2D eigenvalue weighted by atomic mass is 16.2. The topological polar surface area (TPSA) is 49.6 Å². The summed E-state index contributed by atoms with van der Waals surface area (Å²) >= 11 is 0. The van der Waals surface area contributed by atoms with Gasteiger partial charge < -0.3 is 15.5 Å². The van der Waals surface area contributed by atoms with Crippen molar-refractivity contribution in [3.8, 4) is 0 Å². The highest BCUT2D eigenvalue weighted by Gasteiger charge is 2.26. The van der Waals surface area contributed by atoms with Crippen LogP contribution in [0.1, 0.15) is 52.9 Å². The molecular formula is C17H35N3O. The fourth-order valence-electron chi connectivity index (χ4n) is 3.40. The van der Waals surface area contributed by atoms with Gasteiger partial charge in [0.25, 0.3) is 0 Å². The van der Waals surface area contributed by atoms with Crippen molar-refractivity contribution in [2.45, 2.75) is 58.9 Å². The van der Waals surface area contributed by atoms with E-state index < -0.39 is 0 Å². The van der Waals surface area contributed by atoms with Crippen LogP contribution in [0.4, 0.5) is 0 Å². The van der Waals surface area contributed by atoms with Gasteiger partial charge in [0.2, 0.25) is 5.91 Å². The van der Waals surface area contributed by atoms with Crippen molar-refractivity contribution in [1.82, 2.24) is 9.80 Å². The fourth-order valence-corrected chi connectivity index (χ4v) is 3.40. The summed E-state index contributed by atoms with van der Waals surface area (Å²) in [7, 11) is 2.16. The van der Waals surface area contributed by atoms with Crippen LogP contribution in [0.5, 0.6) is 0 Å². The van der Waals surface area contributed by atoms with Gasteiger partial charge in [0.15, 0.2) is 0 Å². The molecule has 0 bridgehead atoms. The Morgan fingerprint density at radius 3 is 2.57 bits per heavy atom. The minimum Gasteiger partial charge on any atom is -0.338 e. The van der Waals surface area contributed by atoms with Crippen LogP contribution in [0.15, 0.2) is 0 Å². The molecule has 21 heavy (non-hydrogen) atoms. The normalized spacial score (nSPS) is 22.4. The first-order valence-electron chi connectivity index (χ1n) is 8.67. The number of carbonyl (C=O) groups excluding carboxylic acids is 1. The molecule has 0 aromatic heterocycles. The van der Waals surface area contributed by atoms with Crippen LogP contribution in [-0.4, -0.2) is 55.0 Å². The molecule has 4 nitrogen and oxygen atoms in total. The predicted octanol–water partition coefficient (Wildman–Crippen LogP) is 2.33. The molecule has 0 spiro atoms. The number of nitrogens with two attached hydrogens (primary N) is 1. The molecule has 1 rings (SSSR count). The summed E-state index contributed by atoms with van der Waals surface area (Å²) in [6.45, 7) is 10.4. The van der Waals surface area contributed by atoms with Gasteiger partial charge in [-0.15, -0.1) is 0 Å². The molecule has 1 aliphatic heterocycles. The second-order valence-electron chi connectivity index (χ2n) is 6.89. The first-order chi connectivity index (χ1) is 9.99. The van der Waals surface area contributed by atoms with Gasteiger partial charge >= 0.3 is 0 Å². The summed E-state index contributed by atoms with van der Waals surface area (Å²) in [6.07, 6.45) is 4.84. The zero-order valence-electron chi connectivity index (χ0n) is 14.5. The van der Waals surface area contributed by atoms with E-state index in [1.54, 1.807) is 0 Å². The van der Waals surface area contributed by atoms with Crippen LogP contribution >= 0.6 is 0 Å². The summed E-state index contributed by atoms with van der Waals surface area (Å²) in [5.74, 6) is 1.53. The molecule has 0 saturated carbocycles. The van der Waals surface area contributed by atoms with E-state index in [0.29, 0.717) is 30.2 Å². The van der Waals surface area contributed by atoms with E-state index >= 15 is 0 Å². The lowest BCUT2D eigenvalue weighted by atomic mass is 9.88. The zero-order chi connectivity index (χ0) is 15.8. The highest BCUT2D eigenvalue weighted by molar-refractivity contribution is 5.76. The smallest absolute Gasteiger partial charge is 0.222 e. The van der Waals surface area contributed by atoms with Gasteiger partial charge in [-0.2, -0.15) is 0 Å². The minimum absolute atomic E-state index is 0.347. The van der Waals surface area contributed by atoms with Crippen LogP contribution in [0.2, 0.25) is 0 Å². The van der Waals surface area contributed by atoms with Crippen molar-refractivity contribution in [3.05, 3.63) is 0 Å². The number of hydrogen-bond donors (Lipinski definition) is 1. The summed E-state index contributed by atoms with van der Waals surface area (Å²) in [5, 5.41) is 0. The van der Waals surface area contributed by atoms with Gasteiger partial charge in [0.1, 0.15) is 0 Å². The molecule has 2 N–H and O–H groups in total. The molecule has 0 radical (unpaired) electrons. The Bertz CT molecular complexity index is 306. The van der Waals surface area contributed by atoms with Crippen molar-refractivity contribution in [2.75, 3.05) is 33.2 Å². The molecule has 2 unspecified atom stereocenters. The fraction of sp³-hybridized carbons (Fsp3) is 0.941. The van der Waals surface area contributed by atoms with Gasteiger partial charge in [-0.25, -0.2) is 0 Å². The number of rotatable bonds is 7. The molecule has 1 amide bonds. The van der Waals surface area contributed by atoms with Crippen LogP contribution in [0.3, 0.4) is 0 Å². The lowest BCUT2D eigenvalue weighted by Crippen LogP contribution is -2.43. The first-order valence-corrected chi connectivity index (χ1v) is 8.67. The van der Waals surface area contributed by atoms with Crippen LogP contribution in [-0.2, 0) is 4.79 Å². The van der Waals surface area contributed by atoms with E-state index in [2.05, 4.69) is 37.6 Å². The lowest BCUT2D eigenvalue weighted by Gasteiger charge is -2.31. The van der Waals surface area contributed by atoms with Crippen LogP contribution < -0.4 is 5.73 Å². The first kappa shape index (κ1) is 18.4. The van der Waals surface area contributed by atoms with E-state index in [1.165, 1.54) is 0 Å². The summed E-state index contributed by atoms with van der Waals surface area (Å²) in [4.78, 5) is 17.1. The largest absolute Gasteiger partial charge is 0.338 e. The maximum atomic E-state index is 12.6. The Kier molecular flexibility index (Phi) is 8.27. The van der Waals surface area contributed by atoms with Crippen molar-refractivity contribution < 1.29 is 4.79 Å². The quantitative estimate of drug-likeness (QED) is 0.784. The molecule has 1 saturated heterocycles. The van der Waals surface area contributed by atoms with Gasteiger partial charge in [-0.05, 0) is 57.7 Å². The second kappa shape index (κ2) is 9.42. The van der Waals surface area contributed by atoms with Crippen LogP contribution in [0.25, 0.3) is 0 Å². The standard InChI is InChI=1S/C17H35N3O/c1-5-16-13-19(4)11-6-12-20(16)17(21)8-7-15(9-10-18)14(2)3/h14-16H,5-13,18H2,1-4H3. The van der Waals surface area contributed by atoms with Crippen molar-refractivity contribution in [2.24, 2.45) is 17.6 Å². The molecule has 4 heteroatoms. The van der Waals surface area contributed by atoms with Gasteiger partial charge in [-0.1, -0.05) is 20.8 Å². The molecule has 124 valence electrons. The predicted molar refractivity (Wildman–Crippen MR) is 89.1 cm³/mol. The average molecular weight is 297 g/mol. The third-order valence-corrected chi connectivity index (χ3v) is 4.90. The number of likely N-dealkylation sites (N-methyl/N-ethyl adjacent to an activating group) is 1. The van der Waals surface area contributed by atoms with E-state index in [4.69, 9.17) is 5.73 Å². The van der Waals surface area contributed by atoms with Crippen molar-refractivity contribution in [1.29, 1.82) is 0 Å². The number of nitrogens with zero attached hydrogens (tertiary/aromatic N) is 2. The number of carbonyl (C=O) groups is 1. The van der Waals surface area contributed by atoms with Crippen LogP contribution in [0, 0.1) is 11.8 Å². The number of amides is 1. The maximum absolute atomic E-state index is 12.6. The monoisotopic (exact) mass is 297 g/mol. The average Bonchev–Trinajstić information content (AvgIpc) is 2.63. The molecule has 1 aliphatic rings. The Balaban J connectivity index is 2.55. The van der Waals surface area contributed by atoms with Gasteiger partial charge in [-0.3, -0.25) is 4.79 Å². The Hall–Kier alpha value is -0.610. The Morgan fingerprint density at radius 2 is 2.00 bits per heavy atom. The lowest BCUT2D eigenvalue weighted by molar-refractivity contribution is -0.133. The number of hydrogen-bond acceptors (Lipinski definition) is 3. The Morgan fingerprint density at radius 1 is 1.29 bits per heavy atom. The summed E-state index contributed by atoms with van der Waals surface area (Å²) < 4.78 is 0. The maximum Gasteiger partial charge on any atom is 0.222 e. The van der Waals surface area contributed by atoms with E-state index in [1.807, 2.05) is 0 Å². The van der Waals surface area contributed by atoms with Gasteiger partial charge in [0, 0.05) is 25.6 Å². The molecule has 0 aliphatic carbocycles. The summed E-state index contributed by atoms with van der Waals surface area (Å²) in [5.41, 5.74) is 5.70. The molecule has 1 fully saturated rings. The molecular weight excluding hydrogens is 262 g/mol. The van der Waals surface area contributed by atoms with Crippen molar-refractivity contribution >= 4 is 5.91 Å². The molecule has 0 aromatic rings. The third kappa shape index (κ3) is 5.95. The van der Waals surface area contributed by atoms with E-state index in [-0.39, 0.29) is 0 Å². The van der Waals surface area contributed by atoms with E-state index in [9.17, 15) is 4.79 Å². The van der Waals surface area contributed by atoms with Gasteiger partial charge in [0.05, 0.1) is 0 Å². The Labute approximate surface area is 131 Å². The second-order valence-corrected chi connectivity index (χ2v) is 6.89. The molecule has 0 aromatic carbocycles. The highest BCUT2D eigenvalue weighted by Crippen LogP contribution is 2.22. The van der Waals surface area contributed by atoms with E-state index in [0.717, 1.165) is 51.9 Å². The third-order valence-electron chi connectivity index (χ3n) is 4.90. The molecule has 2 atom stereocenters. The SMILES string of the molecule is CCC1CN(C)CCCN1C(=O)CCC(CCN)C(C)C. The van der Waals surface area contributed by atoms with Crippen molar-refractivity contribution in [3.63, 3.8) is 0 Å².